The fourth-order valence-corrected chi connectivity index (χ4v) is 5.96. The molecule has 5 rings (SSSR count). The van der Waals surface area contributed by atoms with Gasteiger partial charge in [-0.05, 0) is 54.1 Å². The van der Waals surface area contributed by atoms with Crippen molar-refractivity contribution in [3.8, 4) is 22.6 Å². The summed E-state index contributed by atoms with van der Waals surface area (Å²) < 4.78 is 45.3. The van der Waals surface area contributed by atoms with Crippen LogP contribution in [0, 0.1) is 6.92 Å². The van der Waals surface area contributed by atoms with Crippen LogP contribution >= 0.6 is 0 Å². The standard InChI is InChI=1S/C29H25NO6S/c1-18-9-12-21(13-10-18)37(32,33)30-17-24(23-15-20(29(31)36-4)11-14-25(23)30)27-22-8-6-5-7-19(22)16-26(34-2)28(27)35-3/h5-17H,1-4H3. The number of ether oxygens (including phenoxy) is 3. The van der Waals surface area contributed by atoms with E-state index in [0.717, 1.165) is 16.3 Å². The summed E-state index contributed by atoms with van der Waals surface area (Å²) in [5, 5.41) is 2.28. The van der Waals surface area contributed by atoms with Gasteiger partial charge in [-0.15, -0.1) is 0 Å². The third-order valence-electron chi connectivity index (χ3n) is 6.43. The SMILES string of the molecule is COC(=O)c1ccc2c(c1)c(-c1c(OC)c(OC)cc3ccccc13)cn2S(=O)(=O)c1ccc(C)cc1. The van der Waals surface area contributed by atoms with E-state index < -0.39 is 16.0 Å². The third-order valence-corrected chi connectivity index (χ3v) is 8.12. The Kier molecular flexibility index (Phi) is 6.13. The number of carbonyl (C=O) groups is 1. The molecule has 0 fully saturated rings. The van der Waals surface area contributed by atoms with E-state index in [1.165, 1.54) is 18.2 Å². The predicted octanol–water partition coefficient (Wildman–Crippen LogP) is 5.81. The smallest absolute Gasteiger partial charge is 0.337 e. The number of nitrogens with zero attached hydrogens (tertiary/aromatic N) is 1. The van der Waals surface area contributed by atoms with E-state index in [0.29, 0.717) is 39.1 Å². The molecule has 0 aliphatic heterocycles. The van der Waals surface area contributed by atoms with Crippen LogP contribution in [0.3, 0.4) is 0 Å². The molecule has 8 heteroatoms. The van der Waals surface area contributed by atoms with Crippen LogP contribution in [-0.2, 0) is 14.8 Å². The van der Waals surface area contributed by atoms with Gasteiger partial charge in [-0.2, -0.15) is 0 Å². The van der Waals surface area contributed by atoms with Crippen molar-refractivity contribution in [1.29, 1.82) is 0 Å². The summed E-state index contributed by atoms with van der Waals surface area (Å²) in [5.74, 6) is 0.434. The van der Waals surface area contributed by atoms with Crippen molar-refractivity contribution in [1.82, 2.24) is 3.97 Å². The molecule has 0 saturated carbocycles. The Morgan fingerprint density at radius 3 is 2.24 bits per heavy atom. The van der Waals surface area contributed by atoms with Gasteiger partial charge in [0.25, 0.3) is 10.0 Å². The van der Waals surface area contributed by atoms with Gasteiger partial charge in [0, 0.05) is 22.7 Å². The molecule has 0 radical (unpaired) electrons. The molecule has 188 valence electrons. The van der Waals surface area contributed by atoms with E-state index in [1.54, 1.807) is 55.8 Å². The molecular formula is C29H25NO6S. The number of carbonyl (C=O) groups excluding carboxylic acids is 1. The van der Waals surface area contributed by atoms with Gasteiger partial charge >= 0.3 is 5.97 Å². The van der Waals surface area contributed by atoms with E-state index in [1.807, 2.05) is 37.3 Å². The fraction of sp³-hybridized carbons (Fsp3) is 0.138. The van der Waals surface area contributed by atoms with Gasteiger partial charge in [-0.25, -0.2) is 17.2 Å². The van der Waals surface area contributed by atoms with Gasteiger partial charge in [0.05, 0.1) is 37.3 Å². The van der Waals surface area contributed by atoms with Crippen LogP contribution in [0.25, 0.3) is 32.8 Å². The van der Waals surface area contributed by atoms with Crippen molar-refractivity contribution in [2.24, 2.45) is 0 Å². The molecule has 1 aromatic heterocycles. The first-order chi connectivity index (χ1) is 17.8. The molecule has 1 heterocycles. The molecule has 37 heavy (non-hydrogen) atoms. The second-order valence-electron chi connectivity index (χ2n) is 8.59. The maximum absolute atomic E-state index is 13.8. The number of fused-ring (bicyclic) bond motifs is 2. The van der Waals surface area contributed by atoms with Crippen LogP contribution in [0.5, 0.6) is 11.5 Å². The first kappa shape index (κ1) is 24.4. The number of hydrogen-bond donors (Lipinski definition) is 0. The Labute approximate surface area is 214 Å². The molecule has 0 saturated heterocycles. The number of methoxy groups -OCH3 is 3. The molecule has 4 aromatic carbocycles. The van der Waals surface area contributed by atoms with E-state index in [4.69, 9.17) is 14.2 Å². The zero-order valence-electron chi connectivity index (χ0n) is 20.8. The summed E-state index contributed by atoms with van der Waals surface area (Å²) >= 11 is 0. The maximum Gasteiger partial charge on any atom is 0.337 e. The maximum atomic E-state index is 13.8. The Morgan fingerprint density at radius 1 is 0.838 bits per heavy atom. The highest BCUT2D eigenvalue weighted by Gasteiger charge is 2.26. The minimum Gasteiger partial charge on any atom is -0.493 e. The van der Waals surface area contributed by atoms with Crippen molar-refractivity contribution in [3.05, 3.63) is 90.1 Å². The van der Waals surface area contributed by atoms with E-state index in [-0.39, 0.29) is 4.90 Å². The highest BCUT2D eigenvalue weighted by atomic mass is 32.2. The average Bonchev–Trinajstić information content (AvgIpc) is 3.31. The predicted molar refractivity (Wildman–Crippen MR) is 143 cm³/mol. The molecule has 0 atom stereocenters. The zero-order chi connectivity index (χ0) is 26.3. The van der Waals surface area contributed by atoms with Crippen molar-refractivity contribution >= 4 is 37.7 Å². The zero-order valence-corrected chi connectivity index (χ0v) is 21.6. The lowest BCUT2D eigenvalue weighted by Crippen LogP contribution is -2.12. The highest BCUT2D eigenvalue weighted by molar-refractivity contribution is 7.90. The number of aryl methyl sites for hydroxylation is 1. The monoisotopic (exact) mass is 515 g/mol. The number of esters is 1. The minimum absolute atomic E-state index is 0.154. The van der Waals surface area contributed by atoms with Crippen LogP contribution in [0.2, 0.25) is 0 Å². The molecule has 7 nitrogen and oxygen atoms in total. The van der Waals surface area contributed by atoms with Gasteiger partial charge < -0.3 is 14.2 Å². The lowest BCUT2D eigenvalue weighted by Gasteiger charge is -2.16. The van der Waals surface area contributed by atoms with Crippen molar-refractivity contribution < 1.29 is 27.4 Å². The minimum atomic E-state index is -3.97. The second-order valence-corrected chi connectivity index (χ2v) is 10.4. The number of rotatable bonds is 6. The summed E-state index contributed by atoms with van der Waals surface area (Å²) in [6.07, 6.45) is 1.57. The largest absolute Gasteiger partial charge is 0.493 e. The number of benzene rings is 4. The number of hydrogen-bond acceptors (Lipinski definition) is 6. The summed E-state index contributed by atoms with van der Waals surface area (Å²) in [5.41, 5.74) is 2.89. The topological polar surface area (TPSA) is 83.8 Å². The third kappa shape index (κ3) is 3.99. The van der Waals surface area contributed by atoms with Crippen LogP contribution in [0.4, 0.5) is 0 Å². The first-order valence-electron chi connectivity index (χ1n) is 11.5. The molecular weight excluding hydrogens is 490 g/mol. The lowest BCUT2D eigenvalue weighted by molar-refractivity contribution is 0.0601. The van der Waals surface area contributed by atoms with Crippen LogP contribution < -0.4 is 9.47 Å². The molecule has 0 bridgehead atoms. The summed E-state index contributed by atoms with van der Waals surface area (Å²) in [6.45, 7) is 1.90. The molecule has 0 spiro atoms. The summed E-state index contributed by atoms with van der Waals surface area (Å²) in [6, 6.07) is 21.1. The Balaban J connectivity index is 1.92. The summed E-state index contributed by atoms with van der Waals surface area (Å²) in [7, 11) is 0.429. The van der Waals surface area contributed by atoms with Crippen LogP contribution in [0.1, 0.15) is 15.9 Å². The van der Waals surface area contributed by atoms with Crippen molar-refractivity contribution in [2.45, 2.75) is 11.8 Å². The summed E-state index contributed by atoms with van der Waals surface area (Å²) in [4.78, 5) is 12.6. The fourth-order valence-electron chi connectivity index (χ4n) is 4.59. The van der Waals surface area contributed by atoms with E-state index in [2.05, 4.69) is 0 Å². The van der Waals surface area contributed by atoms with E-state index in [9.17, 15) is 13.2 Å². The Morgan fingerprint density at radius 2 is 1.57 bits per heavy atom. The molecule has 0 N–H and O–H groups in total. The second kappa shape index (κ2) is 9.29. The Bertz CT molecular complexity index is 1770. The number of aromatic nitrogens is 1. The van der Waals surface area contributed by atoms with Crippen LogP contribution in [-0.4, -0.2) is 39.7 Å². The molecule has 5 aromatic rings. The highest BCUT2D eigenvalue weighted by Crippen LogP contribution is 2.47. The molecule has 0 aliphatic carbocycles. The van der Waals surface area contributed by atoms with Crippen molar-refractivity contribution in [2.75, 3.05) is 21.3 Å². The van der Waals surface area contributed by atoms with E-state index >= 15 is 0 Å². The lowest BCUT2D eigenvalue weighted by atomic mass is 9.95. The van der Waals surface area contributed by atoms with Crippen molar-refractivity contribution in [3.63, 3.8) is 0 Å². The van der Waals surface area contributed by atoms with Crippen LogP contribution in [0.15, 0.2) is 83.9 Å². The first-order valence-corrected chi connectivity index (χ1v) is 12.9. The Hall–Kier alpha value is -4.30. The molecule has 0 unspecified atom stereocenters. The quantitative estimate of drug-likeness (QED) is 0.265. The van der Waals surface area contributed by atoms with Gasteiger partial charge in [-0.3, -0.25) is 0 Å². The van der Waals surface area contributed by atoms with Gasteiger partial charge in [0.15, 0.2) is 11.5 Å². The van der Waals surface area contributed by atoms with Gasteiger partial charge in [-0.1, -0.05) is 42.0 Å². The molecule has 0 aliphatic rings. The van der Waals surface area contributed by atoms with Gasteiger partial charge in [0.1, 0.15) is 0 Å². The molecule has 0 amide bonds. The normalized spacial score (nSPS) is 11.6. The average molecular weight is 516 g/mol. The van der Waals surface area contributed by atoms with Gasteiger partial charge in [0.2, 0.25) is 0 Å².